The highest BCUT2D eigenvalue weighted by Gasteiger charge is 2.39. The molecule has 0 radical (unpaired) electrons. The number of aromatic nitrogens is 3. The molecule has 0 bridgehead atoms. The third-order valence-electron chi connectivity index (χ3n) is 5.21. The summed E-state index contributed by atoms with van der Waals surface area (Å²) in [5.41, 5.74) is 0.417. The summed E-state index contributed by atoms with van der Waals surface area (Å²) in [6.07, 6.45) is -2.30. The Morgan fingerprint density at radius 1 is 1.23 bits per heavy atom. The molecule has 1 aromatic carbocycles. The van der Waals surface area contributed by atoms with E-state index in [-0.39, 0.29) is 29.1 Å². The van der Waals surface area contributed by atoms with Crippen LogP contribution in [0, 0.1) is 0 Å². The number of hydrogen-bond acceptors (Lipinski definition) is 5. The van der Waals surface area contributed by atoms with Gasteiger partial charge >= 0.3 is 11.9 Å². The van der Waals surface area contributed by atoms with Gasteiger partial charge in [0, 0.05) is 24.8 Å². The molecular formula is C18H19F3N4O4S. The smallest absolute Gasteiger partial charge is 0.408 e. The van der Waals surface area contributed by atoms with Crippen LogP contribution in [0.5, 0.6) is 0 Å². The quantitative estimate of drug-likeness (QED) is 0.651. The van der Waals surface area contributed by atoms with Gasteiger partial charge in [-0.1, -0.05) is 0 Å². The lowest BCUT2D eigenvalue weighted by atomic mass is 9.95. The predicted molar refractivity (Wildman–Crippen MR) is 101 cm³/mol. The van der Waals surface area contributed by atoms with Crippen molar-refractivity contribution in [2.24, 2.45) is 7.05 Å². The fourth-order valence-electron chi connectivity index (χ4n) is 3.73. The minimum atomic E-state index is -4.54. The van der Waals surface area contributed by atoms with Crippen molar-refractivity contribution in [3.63, 3.8) is 0 Å². The molecule has 3 aromatic rings. The van der Waals surface area contributed by atoms with Gasteiger partial charge in [-0.3, -0.25) is 9.25 Å². The van der Waals surface area contributed by atoms with E-state index in [1.165, 1.54) is 34.5 Å². The summed E-state index contributed by atoms with van der Waals surface area (Å²) in [5, 5.41) is 3.72. The summed E-state index contributed by atoms with van der Waals surface area (Å²) in [6, 6.07) is 3.98. The van der Waals surface area contributed by atoms with Gasteiger partial charge in [0.05, 0.1) is 17.0 Å². The van der Waals surface area contributed by atoms with E-state index in [1.807, 2.05) is 0 Å². The Labute approximate surface area is 169 Å². The molecular weight excluding hydrogens is 425 g/mol. The first-order valence-electron chi connectivity index (χ1n) is 9.33. The molecule has 0 unspecified atom stereocenters. The van der Waals surface area contributed by atoms with Crippen LogP contribution in [0.3, 0.4) is 0 Å². The molecule has 0 saturated heterocycles. The second-order valence-corrected chi connectivity index (χ2v) is 8.92. The van der Waals surface area contributed by atoms with Crippen molar-refractivity contribution in [1.82, 2.24) is 19.1 Å². The third kappa shape index (κ3) is 3.65. The number of fused-ring (bicyclic) bond motifs is 2. The van der Waals surface area contributed by atoms with E-state index in [2.05, 4.69) is 9.82 Å². The Morgan fingerprint density at radius 3 is 2.70 bits per heavy atom. The molecule has 0 atom stereocenters. The van der Waals surface area contributed by atoms with Crippen LogP contribution in [0.4, 0.5) is 13.2 Å². The van der Waals surface area contributed by atoms with Gasteiger partial charge in [-0.05, 0) is 43.9 Å². The van der Waals surface area contributed by atoms with E-state index in [0.29, 0.717) is 30.5 Å². The first-order chi connectivity index (χ1) is 14.1. The van der Waals surface area contributed by atoms with E-state index in [4.69, 9.17) is 4.42 Å². The van der Waals surface area contributed by atoms with E-state index in [0.717, 1.165) is 6.42 Å². The molecule has 1 aliphatic carbocycles. The molecule has 1 aliphatic rings. The number of oxazole rings is 1. The van der Waals surface area contributed by atoms with Crippen LogP contribution in [-0.4, -0.2) is 29.3 Å². The van der Waals surface area contributed by atoms with Gasteiger partial charge in [-0.15, -0.1) is 0 Å². The number of sulfonamides is 1. The molecule has 8 nitrogen and oxygen atoms in total. The number of alkyl halides is 3. The normalized spacial score (nSPS) is 14.9. The lowest BCUT2D eigenvalue weighted by Gasteiger charge is -2.15. The predicted octanol–water partition coefficient (Wildman–Crippen LogP) is 2.20. The minimum absolute atomic E-state index is 0.0237. The zero-order valence-corrected chi connectivity index (χ0v) is 16.8. The number of benzene rings is 1. The molecule has 30 heavy (non-hydrogen) atoms. The average molecular weight is 444 g/mol. The van der Waals surface area contributed by atoms with E-state index < -0.39 is 27.6 Å². The van der Waals surface area contributed by atoms with Crippen molar-refractivity contribution in [1.29, 1.82) is 0 Å². The standard InChI is InChI=1S/C18H19F3N4O4S/c1-24-14-10-11(6-7-15(14)29-17(24)26)30(27,28)22-8-9-25-13-5-3-2-4-12(13)16(23-25)18(19,20)21/h6-7,10,22H,2-5,8-9H2,1H3. The molecule has 1 N–H and O–H groups in total. The van der Waals surface area contributed by atoms with Crippen LogP contribution in [0.15, 0.2) is 32.3 Å². The number of rotatable bonds is 5. The van der Waals surface area contributed by atoms with Crippen molar-refractivity contribution in [2.75, 3.05) is 6.54 Å². The molecule has 0 saturated carbocycles. The topological polar surface area (TPSA) is 99.1 Å². The monoisotopic (exact) mass is 444 g/mol. The summed E-state index contributed by atoms with van der Waals surface area (Å²) in [4.78, 5) is 11.5. The summed E-state index contributed by atoms with van der Waals surface area (Å²) in [5.74, 6) is -0.614. The Hall–Kier alpha value is -2.60. The van der Waals surface area contributed by atoms with Crippen LogP contribution >= 0.6 is 0 Å². The second kappa shape index (κ2) is 7.27. The average Bonchev–Trinajstić information content (AvgIpc) is 3.19. The Balaban J connectivity index is 1.53. The molecule has 0 aliphatic heterocycles. The number of nitrogens with one attached hydrogen (secondary N) is 1. The van der Waals surface area contributed by atoms with E-state index >= 15 is 0 Å². The summed E-state index contributed by atoms with van der Waals surface area (Å²) in [7, 11) is -2.49. The molecule has 0 fully saturated rings. The van der Waals surface area contributed by atoms with E-state index in [1.54, 1.807) is 0 Å². The molecule has 12 heteroatoms. The van der Waals surface area contributed by atoms with Gasteiger partial charge in [0.2, 0.25) is 10.0 Å². The summed E-state index contributed by atoms with van der Waals surface area (Å²) >= 11 is 0. The lowest BCUT2D eigenvalue weighted by Crippen LogP contribution is -2.28. The van der Waals surface area contributed by atoms with Gasteiger partial charge < -0.3 is 4.42 Å². The maximum atomic E-state index is 13.3. The van der Waals surface area contributed by atoms with Gasteiger partial charge in [0.25, 0.3) is 0 Å². The zero-order valence-electron chi connectivity index (χ0n) is 16.0. The SMILES string of the molecule is Cn1c(=O)oc2ccc(S(=O)(=O)NCCn3nc(C(F)(F)F)c4c3CCCC4)cc21. The molecule has 4 rings (SSSR count). The van der Waals surface area contributed by atoms with Crippen molar-refractivity contribution in [3.8, 4) is 0 Å². The Bertz CT molecular complexity index is 1270. The summed E-state index contributed by atoms with van der Waals surface area (Å²) < 4.78 is 74.8. The second-order valence-electron chi connectivity index (χ2n) is 7.16. The first kappa shape index (κ1) is 20.7. The van der Waals surface area contributed by atoms with Gasteiger partial charge in [0.1, 0.15) is 0 Å². The molecule has 2 heterocycles. The molecule has 162 valence electrons. The maximum absolute atomic E-state index is 13.3. The van der Waals surface area contributed by atoms with Gasteiger partial charge in [-0.25, -0.2) is 17.9 Å². The highest BCUT2D eigenvalue weighted by molar-refractivity contribution is 7.89. The van der Waals surface area contributed by atoms with Crippen LogP contribution in [0.1, 0.15) is 29.8 Å². The van der Waals surface area contributed by atoms with Crippen LogP contribution in [-0.2, 0) is 42.6 Å². The first-order valence-corrected chi connectivity index (χ1v) is 10.8. The fourth-order valence-corrected chi connectivity index (χ4v) is 4.77. The van der Waals surface area contributed by atoms with Crippen molar-refractivity contribution < 1.29 is 26.0 Å². The lowest BCUT2D eigenvalue weighted by molar-refractivity contribution is -0.142. The number of halogens is 3. The highest BCUT2D eigenvalue weighted by Crippen LogP contribution is 2.35. The van der Waals surface area contributed by atoms with Gasteiger partial charge in [0.15, 0.2) is 11.3 Å². The minimum Gasteiger partial charge on any atom is -0.408 e. The largest absolute Gasteiger partial charge is 0.435 e. The number of aryl methyl sites for hydroxylation is 1. The van der Waals surface area contributed by atoms with E-state index in [9.17, 15) is 26.4 Å². The van der Waals surface area contributed by atoms with Crippen molar-refractivity contribution >= 4 is 21.1 Å². The number of hydrogen-bond donors (Lipinski definition) is 1. The van der Waals surface area contributed by atoms with Crippen LogP contribution < -0.4 is 10.5 Å². The number of nitrogens with zero attached hydrogens (tertiary/aromatic N) is 3. The third-order valence-corrected chi connectivity index (χ3v) is 6.67. The Morgan fingerprint density at radius 2 is 1.97 bits per heavy atom. The zero-order chi connectivity index (χ0) is 21.7. The molecule has 0 amide bonds. The van der Waals surface area contributed by atoms with Crippen LogP contribution in [0.25, 0.3) is 11.1 Å². The van der Waals surface area contributed by atoms with Gasteiger partial charge in [-0.2, -0.15) is 18.3 Å². The van der Waals surface area contributed by atoms with Crippen molar-refractivity contribution in [3.05, 3.63) is 45.7 Å². The summed E-state index contributed by atoms with van der Waals surface area (Å²) in [6.45, 7) is -0.153. The highest BCUT2D eigenvalue weighted by atomic mass is 32.2. The fraction of sp³-hybridized carbons (Fsp3) is 0.444. The van der Waals surface area contributed by atoms with Crippen LogP contribution in [0.2, 0.25) is 0 Å². The Kier molecular flexibility index (Phi) is 5.01. The maximum Gasteiger partial charge on any atom is 0.435 e. The van der Waals surface area contributed by atoms with Crippen molar-refractivity contribution in [2.45, 2.75) is 43.3 Å². The molecule has 2 aromatic heterocycles. The molecule has 0 spiro atoms.